The third kappa shape index (κ3) is 2.98. The smallest absolute Gasteiger partial charge is 0.292 e. The lowest BCUT2D eigenvalue weighted by molar-refractivity contribution is -0.135. The van der Waals surface area contributed by atoms with Crippen LogP contribution < -0.4 is 0 Å². The summed E-state index contributed by atoms with van der Waals surface area (Å²) >= 11 is 0. The predicted octanol–water partition coefficient (Wildman–Crippen LogP) is 2.01. The molecule has 0 saturated heterocycles. The molecule has 0 aliphatic heterocycles. The maximum absolute atomic E-state index is 12.9. The largest absolute Gasteiger partial charge is 0.426 e. The van der Waals surface area contributed by atoms with Crippen LogP contribution in [-0.4, -0.2) is 24.0 Å². The number of ketones is 1. The Hall–Kier alpha value is -0.560. The summed E-state index contributed by atoms with van der Waals surface area (Å²) in [5.74, 6) is -1.89. The summed E-state index contributed by atoms with van der Waals surface area (Å²) in [6.45, 7) is 0. The molecule has 1 aliphatic carbocycles. The minimum absolute atomic E-state index is 0.186. The fraction of sp³-hybridized carbons (Fsp3) is 0.889. The number of carbonyl (C=O) groups excluding carboxylic acids is 1. The van der Waals surface area contributed by atoms with Crippen LogP contribution in [0.4, 0.5) is 8.78 Å². The van der Waals surface area contributed by atoms with E-state index in [2.05, 4.69) is 0 Å². The number of alkyl halides is 2. The Kier molecular flexibility index (Phi) is 4.01. The molecule has 0 aromatic rings. The van der Waals surface area contributed by atoms with Gasteiger partial charge in [0.25, 0.3) is 0 Å². The fourth-order valence-electron chi connectivity index (χ4n) is 1.92. The Bertz CT molecular complexity index is 358. The number of hydrogen-bond donors (Lipinski definition) is 1. The highest BCUT2D eigenvalue weighted by Crippen LogP contribution is 2.31. The molecule has 0 unspecified atom stereocenters. The van der Waals surface area contributed by atoms with Gasteiger partial charge in [-0.2, -0.15) is 17.2 Å². The topological polar surface area (TPSA) is 71.4 Å². The van der Waals surface area contributed by atoms with E-state index in [0.717, 1.165) is 19.3 Å². The molecule has 0 amide bonds. The van der Waals surface area contributed by atoms with Crippen molar-refractivity contribution in [2.75, 3.05) is 0 Å². The second kappa shape index (κ2) is 4.75. The van der Waals surface area contributed by atoms with Crippen molar-refractivity contribution in [1.29, 1.82) is 0 Å². The summed E-state index contributed by atoms with van der Waals surface area (Å²) in [7, 11) is -5.64. The summed E-state index contributed by atoms with van der Waals surface area (Å²) in [5, 5.41) is -4.66. The van der Waals surface area contributed by atoms with Crippen molar-refractivity contribution in [1.82, 2.24) is 0 Å². The van der Waals surface area contributed by atoms with Crippen molar-refractivity contribution in [2.45, 2.75) is 43.8 Å². The van der Waals surface area contributed by atoms with E-state index in [1.54, 1.807) is 0 Å². The van der Waals surface area contributed by atoms with Gasteiger partial charge < -0.3 is 0 Å². The molecule has 0 radical (unpaired) electrons. The third-order valence-electron chi connectivity index (χ3n) is 2.85. The van der Waals surface area contributed by atoms with Crippen molar-refractivity contribution in [3.63, 3.8) is 0 Å². The van der Waals surface area contributed by atoms with E-state index in [9.17, 15) is 22.0 Å². The van der Waals surface area contributed by atoms with E-state index in [0.29, 0.717) is 12.8 Å². The average Bonchev–Trinajstić information content (AvgIpc) is 2.17. The Morgan fingerprint density at radius 1 is 1.25 bits per heavy atom. The van der Waals surface area contributed by atoms with E-state index in [-0.39, 0.29) is 5.92 Å². The highest BCUT2D eigenvalue weighted by atomic mass is 32.2. The van der Waals surface area contributed by atoms with Gasteiger partial charge in [0.2, 0.25) is 5.78 Å². The maximum atomic E-state index is 12.9. The molecule has 1 saturated carbocycles. The van der Waals surface area contributed by atoms with Gasteiger partial charge in [-0.1, -0.05) is 32.1 Å². The molecule has 7 heteroatoms. The van der Waals surface area contributed by atoms with Gasteiger partial charge in [-0.15, -0.1) is 0 Å². The monoisotopic (exact) mass is 256 g/mol. The zero-order valence-electron chi connectivity index (χ0n) is 8.66. The van der Waals surface area contributed by atoms with Gasteiger partial charge in [0, 0.05) is 6.42 Å². The second-order valence-corrected chi connectivity index (χ2v) is 5.59. The summed E-state index contributed by atoms with van der Waals surface area (Å²) in [5.41, 5.74) is 0. The first-order valence-corrected chi connectivity index (χ1v) is 6.57. The van der Waals surface area contributed by atoms with Gasteiger partial charge in [0.05, 0.1) is 0 Å². The molecule has 1 N–H and O–H groups in total. The van der Waals surface area contributed by atoms with Crippen LogP contribution in [-0.2, 0) is 14.9 Å². The molecule has 0 heterocycles. The van der Waals surface area contributed by atoms with Crippen LogP contribution in [0.1, 0.15) is 38.5 Å². The Morgan fingerprint density at radius 2 is 1.75 bits per heavy atom. The van der Waals surface area contributed by atoms with E-state index in [1.807, 2.05) is 0 Å². The highest BCUT2D eigenvalue weighted by Gasteiger charge is 2.51. The molecule has 16 heavy (non-hydrogen) atoms. The fourth-order valence-corrected chi connectivity index (χ4v) is 2.29. The molecular formula is C9H14F2O4S. The van der Waals surface area contributed by atoms with Crippen molar-refractivity contribution in [3.8, 4) is 0 Å². The van der Waals surface area contributed by atoms with Crippen LogP contribution in [0.5, 0.6) is 0 Å². The molecule has 4 nitrogen and oxygen atoms in total. The van der Waals surface area contributed by atoms with Crippen molar-refractivity contribution in [3.05, 3.63) is 0 Å². The summed E-state index contributed by atoms with van der Waals surface area (Å²) in [6, 6.07) is 0. The van der Waals surface area contributed by atoms with Gasteiger partial charge in [-0.05, 0) is 5.92 Å². The van der Waals surface area contributed by atoms with Gasteiger partial charge in [0.1, 0.15) is 0 Å². The van der Waals surface area contributed by atoms with Gasteiger partial charge >= 0.3 is 15.4 Å². The number of hydrogen-bond acceptors (Lipinski definition) is 3. The number of Topliss-reactive ketones (excluding diaryl/α,β-unsaturated/α-hetero) is 1. The first-order valence-electron chi connectivity index (χ1n) is 5.13. The lowest BCUT2D eigenvalue weighted by atomic mass is 9.86. The van der Waals surface area contributed by atoms with Crippen LogP contribution in [0.25, 0.3) is 0 Å². The lowest BCUT2D eigenvalue weighted by Crippen LogP contribution is -2.38. The second-order valence-electron chi connectivity index (χ2n) is 4.12. The van der Waals surface area contributed by atoms with Gasteiger partial charge in [-0.25, -0.2) is 0 Å². The number of carbonyl (C=O) groups is 1. The van der Waals surface area contributed by atoms with Crippen LogP contribution in [0.3, 0.4) is 0 Å². The Labute approximate surface area is 92.8 Å². The predicted molar refractivity (Wildman–Crippen MR) is 52.7 cm³/mol. The van der Waals surface area contributed by atoms with Crippen LogP contribution in [0.2, 0.25) is 0 Å². The van der Waals surface area contributed by atoms with E-state index in [1.165, 1.54) is 0 Å². The zero-order chi connectivity index (χ0) is 12.4. The molecule has 94 valence electrons. The van der Waals surface area contributed by atoms with Gasteiger partial charge in [-0.3, -0.25) is 9.35 Å². The van der Waals surface area contributed by atoms with E-state index >= 15 is 0 Å². The Balaban J connectivity index is 2.64. The molecule has 1 aliphatic rings. The molecular weight excluding hydrogens is 242 g/mol. The summed E-state index contributed by atoms with van der Waals surface area (Å²) < 4.78 is 54.7. The maximum Gasteiger partial charge on any atom is 0.426 e. The van der Waals surface area contributed by atoms with E-state index in [4.69, 9.17) is 4.55 Å². The SMILES string of the molecule is O=C(CC1CCCCC1)C(F)(F)S(=O)(=O)O. The summed E-state index contributed by atoms with van der Waals surface area (Å²) in [6.07, 6.45) is 3.59. The standard InChI is InChI=1S/C9H14F2O4S/c10-9(11,16(13,14)15)8(12)6-7-4-2-1-3-5-7/h7H,1-6H2,(H,13,14,15). The molecule has 1 fully saturated rings. The Morgan fingerprint density at radius 3 is 2.19 bits per heavy atom. The molecule has 0 atom stereocenters. The molecule has 0 spiro atoms. The minimum Gasteiger partial charge on any atom is -0.292 e. The minimum atomic E-state index is -5.64. The van der Waals surface area contributed by atoms with Crippen LogP contribution in [0, 0.1) is 5.92 Å². The molecule has 0 aromatic heterocycles. The average molecular weight is 256 g/mol. The lowest BCUT2D eigenvalue weighted by Gasteiger charge is -2.22. The van der Waals surface area contributed by atoms with Crippen molar-refractivity contribution < 1.29 is 26.5 Å². The normalized spacial score (nSPS) is 19.7. The quantitative estimate of drug-likeness (QED) is 0.781. The van der Waals surface area contributed by atoms with Crippen LogP contribution in [0.15, 0.2) is 0 Å². The molecule has 0 aromatic carbocycles. The zero-order valence-corrected chi connectivity index (χ0v) is 9.47. The number of halogens is 2. The van der Waals surface area contributed by atoms with Crippen LogP contribution >= 0.6 is 0 Å². The van der Waals surface area contributed by atoms with Crippen molar-refractivity contribution >= 4 is 15.9 Å². The summed E-state index contributed by atoms with van der Waals surface area (Å²) in [4.78, 5) is 11.1. The molecule has 1 rings (SSSR count). The molecule has 0 bridgehead atoms. The van der Waals surface area contributed by atoms with Crippen molar-refractivity contribution in [2.24, 2.45) is 5.92 Å². The third-order valence-corrected chi connectivity index (χ3v) is 3.72. The first-order chi connectivity index (χ1) is 7.25. The number of rotatable bonds is 4. The first kappa shape index (κ1) is 13.5. The highest BCUT2D eigenvalue weighted by molar-refractivity contribution is 7.87. The van der Waals surface area contributed by atoms with E-state index < -0.39 is 27.6 Å². The van der Waals surface area contributed by atoms with Gasteiger partial charge in [0.15, 0.2) is 0 Å².